The van der Waals surface area contributed by atoms with E-state index in [4.69, 9.17) is 9.47 Å². The fourth-order valence-electron chi connectivity index (χ4n) is 4.72. The third kappa shape index (κ3) is 11.7. The van der Waals surface area contributed by atoms with Crippen molar-refractivity contribution in [2.75, 3.05) is 26.3 Å². The topological polar surface area (TPSA) is 59.1 Å². The van der Waals surface area contributed by atoms with Gasteiger partial charge in [0.25, 0.3) is 0 Å². The molecule has 4 aromatic rings. The van der Waals surface area contributed by atoms with Gasteiger partial charge in [-0.15, -0.1) is 0 Å². The lowest BCUT2D eigenvalue weighted by atomic mass is 10.1. The molecule has 0 N–H and O–H groups in total. The summed E-state index contributed by atoms with van der Waals surface area (Å²) in [6.45, 7) is 4.74. The Balaban J connectivity index is 1.17. The fraction of sp³-hybridized carbons (Fsp3) is 0.278. The van der Waals surface area contributed by atoms with Gasteiger partial charge in [0.2, 0.25) is 0 Å². The lowest BCUT2D eigenvalue weighted by Crippen LogP contribution is -2.28. The van der Waals surface area contributed by atoms with Crippen molar-refractivity contribution in [3.05, 3.63) is 144 Å². The molecule has 0 unspecified atom stereocenters. The second-order valence-corrected chi connectivity index (χ2v) is 10.3. The summed E-state index contributed by atoms with van der Waals surface area (Å²) in [7, 11) is 0. The molecule has 0 aliphatic heterocycles. The number of nitrogens with zero attached hydrogens (tertiary/aromatic N) is 2. The number of rotatable bonds is 17. The van der Waals surface area contributed by atoms with Crippen LogP contribution in [0.15, 0.2) is 121 Å². The first-order valence-electron chi connectivity index (χ1n) is 14.6. The van der Waals surface area contributed by atoms with Crippen molar-refractivity contribution in [2.24, 2.45) is 0 Å². The molecule has 4 rings (SSSR count). The predicted molar refractivity (Wildman–Crippen MR) is 165 cm³/mol. The van der Waals surface area contributed by atoms with Gasteiger partial charge >= 0.3 is 11.9 Å². The van der Waals surface area contributed by atoms with E-state index in [0.717, 1.165) is 26.2 Å². The van der Waals surface area contributed by atoms with E-state index < -0.39 is 0 Å². The summed E-state index contributed by atoms with van der Waals surface area (Å²) in [6, 6.07) is 41.0. The maximum absolute atomic E-state index is 12.4. The minimum Gasteiger partial charge on any atom is -0.464 e. The Morgan fingerprint density at radius 3 is 0.952 bits per heavy atom. The summed E-state index contributed by atoms with van der Waals surface area (Å²) >= 11 is 0. The van der Waals surface area contributed by atoms with Crippen LogP contribution in [0, 0.1) is 0 Å². The van der Waals surface area contributed by atoms with E-state index in [1.54, 1.807) is 0 Å². The van der Waals surface area contributed by atoms with Crippen molar-refractivity contribution in [2.45, 2.75) is 39.0 Å². The molecule has 0 heterocycles. The second-order valence-electron chi connectivity index (χ2n) is 10.3. The highest BCUT2D eigenvalue weighted by atomic mass is 16.5. The van der Waals surface area contributed by atoms with Gasteiger partial charge in [0.1, 0.15) is 13.2 Å². The molecule has 0 atom stereocenters. The van der Waals surface area contributed by atoms with Crippen LogP contribution in [-0.4, -0.2) is 48.0 Å². The summed E-state index contributed by atoms with van der Waals surface area (Å²) in [5, 5.41) is 0. The monoisotopic (exact) mass is 564 g/mol. The van der Waals surface area contributed by atoms with Gasteiger partial charge < -0.3 is 9.47 Å². The van der Waals surface area contributed by atoms with Crippen LogP contribution in [-0.2, 0) is 45.2 Å². The molecule has 218 valence electrons. The van der Waals surface area contributed by atoms with Crippen LogP contribution in [0.1, 0.15) is 35.1 Å². The minimum atomic E-state index is -0.388. The molecule has 0 aliphatic carbocycles. The Labute approximate surface area is 249 Å². The molecular weight excluding hydrogens is 524 g/mol. The van der Waals surface area contributed by atoms with Gasteiger partial charge in [0.15, 0.2) is 0 Å². The Hall–Kier alpha value is -4.26. The van der Waals surface area contributed by atoms with E-state index in [2.05, 4.69) is 58.3 Å². The van der Waals surface area contributed by atoms with E-state index in [0.29, 0.717) is 13.1 Å². The van der Waals surface area contributed by atoms with Gasteiger partial charge in [-0.05, 0) is 22.3 Å². The third-order valence-corrected chi connectivity index (χ3v) is 6.87. The summed E-state index contributed by atoms with van der Waals surface area (Å²) in [6.07, 6.45) is 0.0158. The molecule has 0 fully saturated rings. The zero-order chi connectivity index (χ0) is 29.2. The molecule has 0 saturated carbocycles. The lowest BCUT2D eigenvalue weighted by molar-refractivity contribution is -0.150. The molecule has 42 heavy (non-hydrogen) atoms. The highest BCUT2D eigenvalue weighted by molar-refractivity contribution is 5.77. The quantitative estimate of drug-likeness (QED) is 0.141. The van der Waals surface area contributed by atoms with Crippen LogP contribution in [0.25, 0.3) is 0 Å². The Bertz CT molecular complexity index is 1130. The van der Waals surface area contributed by atoms with Crippen molar-refractivity contribution in [3.63, 3.8) is 0 Å². The number of ether oxygens (including phenoxy) is 2. The summed E-state index contributed by atoms with van der Waals surface area (Å²) in [5.41, 5.74) is 4.81. The number of esters is 2. The van der Waals surface area contributed by atoms with E-state index in [9.17, 15) is 9.59 Å². The minimum absolute atomic E-state index is 0.00789. The molecule has 0 saturated heterocycles. The number of carbonyl (C=O) groups excluding carboxylic acids is 2. The summed E-state index contributed by atoms with van der Waals surface area (Å²) in [4.78, 5) is 29.3. The number of hydrogen-bond acceptors (Lipinski definition) is 6. The molecule has 0 aromatic heterocycles. The molecule has 0 radical (unpaired) electrons. The average Bonchev–Trinajstić information content (AvgIpc) is 3.02. The average molecular weight is 565 g/mol. The van der Waals surface area contributed by atoms with Crippen LogP contribution < -0.4 is 0 Å². The highest BCUT2D eigenvalue weighted by Gasteiger charge is 2.13. The molecule has 0 amide bonds. The first-order chi connectivity index (χ1) is 20.6. The van der Waals surface area contributed by atoms with Crippen LogP contribution in [0.3, 0.4) is 0 Å². The van der Waals surface area contributed by atoms with E-state index in [1.807, 2.05) is 72.8 Å². The summed E-state index contributed by atoms with van der Waals surface area (Å²) < 4.78 is 11.0. The molecule has 6 heteroatoms. The number of hydrogen-bond donors (Lipinski definition) is 0. The van der Waals surface area contributed by atoms with Crippen LogP contribution in [0.5, 0.6) is 0 Å². The lowest BCUT2D eigenvalue weighted by Gasteiger charge is -2.23. The maximum atomic E-state index is 12.4. The molecule has 4 aromatic carbocycles. The largest absolute Gasteiger partial charge is 0.464 e. The first-order valence-corrected chi connectivity index (χ1v) is 14.6. The summed E-state index contributed by atoms with van der Waals surface area (Å²) in [5.74, 6) is -0.776. The van der Waals surface area contributed by atoms with Gasteiger partial charge in [-0.2, -0.15) is 0 Å². The second kappa shape index (κ2) is 17.5. The van der Waals surface area contributed by atoms with E-state index in [-0.39, 0.29) is 38.0 Å². The number of benzene rings is 4. The molecule has 6 nitrogen and oxygen atoms in total. The van der Waals surface area contributed by atoms with Gasteiger partial charge in [-0.1, -0.05) is 121 Å². The molecule has 0 spiro atoms. The Morgan fingerprint density at radius 2 is 0.690 bits per heavy atom. The number of carbonyl (C=O) groups is 2. The van der Waals surface area contributed by atoms with E-state index >= 15 is 0 Å². The molecule has 0 bridgehead atoms. The predicted octanol–water partition coefficient (Wildman–Crippen LogP) is 6.26. The fourth-order valence-corrected chi connectivity index (χ4v) is 4.72. The molecule has 0 aliphatic rings. The van der Waals surface area contributed by atoms with Crippen molar-refractivity contribution >= 4 is 11.9 Å². The SMILES string of the molecule is O=C(CCC(=O)OCCN(Cc1ccccc1)Cc1ccccc1)OCCN(Cc1ccccc1)Cc1ccccc1. The van der Waals surface area contributed by atoms with Crippen molar-refractivity contribution in [1.82, 2.24) is 9.80 Å². The van der Waals surface area contributed by atoms with Gasteiger partial charge in [-0.3, -0.25) is 19.4 Å². The normalized spacial score (nSPS) is 11.0. The van der Waals surface area contributed by atoms with E-state index in [1.165, 1.54) is 22.3 Å². The van der Waals surface area contributed by atoms with Crippen molar-refractivity contribution < 1.29 is 19.1 Å². The standard InChI is InChI=1S/C36H40N2O4/c39-35(41-25-23-37(27-31-13-5-1-6-14-31)28-32-15-7-2-8-16-32)21-22-36(40)42-26-24-38(29-33-17-9-3-10-18-33)30-34-19-11-4-12-20-34/h1-20H,21-30H2. The van der Waals surface area contributed by atoms with Crippen LogP contribution in [0.2, 0.25) is 0 Å². The molecular formula is C36H40N2O4. The maximum Gasteiger partial charge on any atom is 0.306 e. The van der Waals surface area contributed by atoms with Gasteiger partial charge in [0, 0.05) is 39.3 Å². The Kier molecular flexibility index (Phi) is 12.8. The van der Waals surface area contributed by atoms with Crippen molar-refractivity contribution in [3.8, 4) is 0 Å². The zero-order valence-corrected chi connectivity index (χ0v) is 24.1. The van der Waals surface area contributed by atoms with Gasteiger partial charge in [0.05, 0.1) is 12.8 Å². The zero-order valence-electron chi connectivity index (χ0n) is 24.1. The third-order valence-electron chi connectivity index (χ3n) is 6.87. The van der Waals surface area contributed by atoms with Crippen molar-refractivity contribution in [1.29, 1.82) is 0 Å². The highest BCUT2D eigenvalue weighted by Crippen LogP contribution is 2.12. The van der Waals surface area contributed by atoms with Crippen LogP contribution >= 0.6 is 0 Å². The van der Waals surface area contributed by atoms with Gasteiger partial charge in [-0.25, -0.2) is 0 Å². The Morgan fingerprint density at radius 1 is 0.429 bits per heavy atom. The van der Waals surface area contributed by atoms with Crippen LogP contribution in [0.4, 0.5) is 0 Å². The first kappa shape index (κ1) is 30.7. The smallest absolute Gasteiger partial charge is 0.306 e.